The molecule has 0 saturated heterocycles. The number of carbonyl (C=O) groups excluding carboxylic acids is 1. The second-order valence-electron chi connectivity index (χ2n) is 4.92. The number of nitrogens with two attached hydrogens (primary N) is 2. The Morgan fingerprint density at radius 1 is 1.47 bits per heavy atom. The maximum atomic E-state index is 12.4. The van der Waals surface area contributed by atoms with Crippen molar-refractivity contribution in [3.8, 4) is 6.07 Å². The molecule has 0 heterocycles. The number of unbranched alkanes of at least 4 members (excludes halogenated alkanes) is 1. The first-order valence-corrected chi connectivity index (χ1v) is 9.55. The molecule has 4 N–H and O–H groups in total. The van der Waals surface area contributed by atoms with Gasteiger partial charge in [-0.05, 0) is 30.6 Å². The van der Waals surface area contributed by atoms with E-state index in [0.29, 0.717) is 18.9 Å². The van der Waals surface area contributed by atoms with Gasteiger partial charge in [0.15, 0.2) is 6.49 Å². The molecule has 0 aromatic rings. The van der Waals surface area contributed by atoms with Crippen molar-refractivity contribution >= 4 is 24.2 Å². The Kier molecular flexibility index (Phi) is 8.44. The average molecular weight is 304 g/mol. The van der Waals surface area contributed by atoms with E-state index >= 15 is 0 Å². The predicted octanol–water partition coefficient (Wildman–Crippen LogP) is 2.33. The van der Waals surface area contributed by atoms with E-state index in [1.54, 1.807) is 0 Å². The average Bonchev–Trinajstić information content (AvgIpc) is 2.34. The lowest BCUT2D eigenvalue weighted by molar-refractivity contribution is -0.129. The van der Waals surface area contributed by atoms with Gasteiger partial charge in [-0.2, -0.15) is 5.26 Å². The first-order valence-electron chi connectivity index (χ1n) is 6.66. The summed E-state index contributed by atoms with van der Waals surface area (Å²) in [6, 6.07) is 2.07. The van der Waals surface area contributed by atoms with E-state index in [-0.39, 0.29) is 5.91 Å². The van der Waals surface area contributed by atoms with Crippen molar-refractivity contribution < 1.29 is 4.79 Å². The Bertz CT molecular complexity index is 376. The van der Waals surface area contributed by atoms with E-state index in [0.717, 1.165) is 19.3 Å². The second kappa shape index (κ2) is 8.65. The van der Waals surface area contributed by atoms with Gasteiger partial charge in [0.2, 0.25) is 5.91 Å². The fourth-order valence-electron chi connectivity index (χ4n) is 1.69. The summed E-state index contributed by atoms with van der Waals surface area (Å²) < 4.78 is 1.36. The SMILES string of the molecule is CCCCN(C(=O)C(C#N)CC(C)CC)P(N)(N)=S. The zero-order valence-corrected chi connectivity index (χ0v) is 13.7. The van der Waals surface area contributed by atoms with E-state index in [4.69, 9.17) is 22.8 Å². The predicted molar refractivity (Wildman–Crippen MR) is 82.5 cm³/mol. The monoisotopic (exact) mass is 304 g/mol. The third-order valence-electron chi connectivity index (χ3n) is 3.14. The zero-order valence-electron chi connectivity index (χ0n) is 12.0. The molecule has 0 saturated carbocycles. The molecule has 0 rings (SSSR count). The molecule has 0 aromatic heterocycles. The minimum atomic E-state index is -2.81. The smallest absolute Gasteiger partial charge is 0.245 e. The molecule has 0 bridgehead atoms. The summed E-state index contributed by atoms with van der Waals surface area (Å²) in [5.41, 5.74) is 11.6. The van der Waals surface area contributed by atoms with Crippen LogP contribution in [-0.2, 0) is 16.6 Å². The summed E-state index contributed by atoms with van der Waals surface area (Å²) in [4.78, 5) is 12.4. The van der Waals surface area contributed by atoms with Crippen LogP contribution in [0.1, 0.15) is 46.5 Å². The first kappa shape index (κ1) is 18.5. The van der Waals surface area contributed by atoms with Gasteiger partial charge in [0.1, 0.15) is 5.92 Å². The van der Waals surface area contributed by atoms with Gasteiger partial charge in [0.05, 0.1) is 6.07 Å². The molecule has 7 heteroatoms. The van der Waals surface area contributed by atoms with E-state index in [1.165, 1.54) is 4.67 Å². The number of nitrogens with zero attached hydrogens (tertiary/aromatic N) is 2. The lowest BCUT2D eigenvalue weighted by Gasteiger charge is -2.30. The Morgan fingerprint density at radius 2 is 2.05 bits per heavy atom. The van der Waals surface area contributed by atoms with Crippen LogP contribution in [0.4, 0.5) is 0 Å². The molecule has 0 aliphatic heterocycles. The third kappa shape index (κ3) is 6.49. The fourth-order valence-corrected chi connectivity index (χ4v) is 3.07. The second-order valence-corrected chi connectivity index (χ2v) is 8.50. The highest BCUT2D eigenvalue weighted by molar-refractivity contribution is 8.11. The lowest BCUT2D eigenvalue weighted by Crippen LogP contribution is -2.39. The van der Waals surface area contributed by atoms with Crippen LogP contribution in [0.3, 0.4) is 0 Å². The van der Waals surface area contributed by atoms with Gasteiger partial charge >= 0.3 is 0 Å². The van der Waals surface area contributed by atoms with Crippen molar-refractivity contribution in [2.75, 3.05) is 6.54 Å². The summed E-state index contributed by atoms with van der Waals surface area (Å²) in [5.74, 6) is -0.680. The van der Waals surface area contributed by atoms with Crippen LogP contribution < -0.4 is 11.0 Å². The highest BCUT2D eigenvalue weighted by Gasteiger charge is 2.30. The van der Waals surface area contributed by atoms with Crippen molar-refractivity contribution in [1.29, 1.82) is 5.26 Å². The van der Waals surface area contributed by atoms with Crippen molar-refractivity contribution in [1.82, 2.24) is 4.67 Å². The van der Waals surface area contributed by atoms with E-state index < -0.39 is 12.4 Å². The molecule has 0 fully saturated rings. The number of hydrogen-bond donors (Lipinski definition) is 2. The molecule has 0 spiro atoms. The Hall–Kier alpha value is -0.470. The zero-order chi connectivity index (χ0) is 15.1. The summed E-state index contributed by atoms with van der Waals surface area (Å²) >= 11 is 5.07. The summed E-state index contributed by atoms with van der Waals surface area (Å²) in [5, 5.41) is 9.18. The van der Waals surface area contributed by atoms with E-state index in [9.17, 15) is 10.1 Å². The van der Waals surface area contributed by atoms with Crippen LogP contribution in [0.15, 0.2) is 0 Å². The standard InChI is InChI=1S/C12H25N4OPS/c1-4-6-7-16(18(14,15)19)12(17)11(9-13)8-10(3)5-2/h10-11H,4-8H2,1-3H3,(H4,14,15,19). The molecular weight excluding hydrogens is 279 g/mol. The van der Waals surface area contributed by atoms with Crippen molar-refractivity contribution in [2.45, 2.75) is 46.5 Å². The molecule has 0 aliphatic carbocycles. The molecule has 2 atom stereocenters. The van der Waals surface area contributed by atoms with Gasteiger partial charge in [-0.1, -0.05) is 33.6 Å². The van der Waals surface area contributed by atoms with Crippen molar-refractivity contribution in [2.24, 2.45) is 22.8 Å². The Labute approximate surface area is 121 Å². The van der Waals surface area contributed by atoms with E-state index in [1.807, 2.05) is 20.8 Å². The van der Waals surface area contributed by atoms with Gasteiger partial charge in [0.25, 0.3) is 0 Å². The highest BCUT2D eigenvalue weighted by Crippen LogP contribution is 2.35. The molecule has 0 aliphatic rings. The van der Waals surface area contributed by atoms with Crippen molar-refractivity contribution in [3.05, 3.63) is 0 Å². The van der Waals surface area contributed by atoms with Crippen LogP contribution in [0.2, 0.25) is 0 Å². The Balaban J connectivity index is 4.95. The summed E-state index contributed by atoms with van der Waals surface area (Å²) in [6.45, 7) is 3.70. The topological polar surface area (TPSA) is 96.1 Å². The molecule has 0 radical (unpaired) electrons. The normalized spacial score (nSPS) is 14.5. The number of rotatable bonds is 8. The Morgan fingerprint density at radius 3 is 2.42 bits per heavy atom. The largest absolute Gasteiger partial charge is 0.291 e. The maximum absolute atomic E-state index is 12.4. The minimum absolute atomic E-state index is 0.301. The quantitative estimate of drug-likeness (QED) is 0.671. The lowest BCUT2D eigenvalue weighted by atomic mass is 9.94. The summed E-state index contributed by atoms with van der Waals surface area (Å²) in [6.07, 6.45) is 3.17. The highest BCUT2D eigenvalue weighted by atomic mass is 32.4. The van der Waals surface area contributed by atoms with Gasteiger partial charge in [-0.25, -0.2) is 0 Å². The van der Waals surface area contributed by atoms with Gasteiger partial charge < -0.3 is 0 Å². The molecule has 110 valence electrons. The fraction of sp³-hybridized carbons (Fsp3) is 0.833. The molecule has 0 aromatic carbocycles. The first-order chi connectivity index (χ1) is 8.77. The minimum Gasteiger partial charge on any atom is -0.291 e. The number of carbonyl (C=O) groups is 1. The van der Waals surface area contributed by atoms with Gasteiger partial charge in [-0.15, -0.1) is 0 Å². The number of amides is 1. The number of nitriles is 1. The van der Waals surface area contributed by atoms with E-state index in [2.05, 4.69) is 6.07 Å². The molecule has 2 unspecified atom stereocenters. The van der Waals surface area contributed by atoms with Crippen LogP contribution in [0, 0.1) is 23.2 Å². The molecule has 5 nitrogen and oxygen atoms in total. The van der Waals surface area contributed by atoms with Crippen LogP contribution in [0.25, 0.3) is 0 Å². The number of hydrogen-bond acceptors (Lipinski definition) is 3. The van der Waals surface area contributed by atoms with Crippen molar-refractivity contribution in [3.63, 3.8) is 0 Å². The molecular formula is C12H25N4OPS. The van der Waals surface area contributed by atoms with Crippen LogP contribution in [-0.4, -0.2) is 17.1 Å². The van der Waals surface area contributed by atoms with Crippen LogP contribution in [0.5, 0.6) is 0 Å². The third-order valence-corrected chi connectivity index (χ3v) is 4.89. The van der Waals surface area contributed by atoms with Crippen LogP contribution >= 0.6 is 6.49 Å². The van der Waals surface area contributed by atoms with Gasteiger partial charge in [-0.3, -0.25) is 20.5 Å². The molecule has 1 amide bonds. The van der Waals surface area contributed by atoms with Gasteiger partial charge in [0, 0.05) is 6.54 Å². The summed E-state index contributed by atoms with van der Waals surface area (Å²) in [7, 11) is 0. The maximum Gasteiger partial charge on any atom is 0.245 e. The molecule has 19 heavy (non-hydrogen) atoms.